The Morgan fingerprint density at radius 2 is 1.51 bits per heavy atom. The highest BCUT2D eigenvalue weighted by Crippen LogP contribution is 2.30. The average molecular weight is 629 g/mol. The van der Waals surface area contributed by atoms with Gasteiger partial charge in [-0.05, 0) is 60.7 Å². The smallest absolute Gasteiger partial charge is 0.272 e. The molecule has 0 fully saturated rings. The summed E-state index contributed by atoms with van der Waals surface area (Å²) < 4.78 is 14.5. The van der Waals surface area contributed by atoms with E-state index in [1.807, 2.05) is 0 Å². The standard InChI is InChI=1S/C30H21Cl3FN3O3S/c31-22-11-5-13-24(34)21(22)16-26(37-29(39)18-7-2-1-3-8-18)30(40)35-19-9-4-10-20(15-19)41-17-27(38)36-25-14-6-12-23(32)28(25)33/h1-16H,17H2,(H,35,40)(H,36,38)(H,37,39)/b26-16+. The first-order valence-electron chi connectivity index (χ1n) is 12.0. The summed E-state index contributed by atoms with van der Waals surface area (Å²) in [5, 5.41) is 8.61. The Balaban J connectivity index is 1.49. The molecule has 0 aliphatic rings. The van der Waals surface area contributed by atoms with Crippen molar-refractivity contribution < 1.29 is 18.8 Å². The number of carbonyl (C=O) groups excluding carboxylic acids is 3. The maximum Gasteiger partial charge on any atom is 0.272 e. The largest absolute Gasteiger partial charge is 0.324 e. The van der Waals surface area contributed by atoms with E-state index in [4.69, 9.17) is 34.8 Å². The lowest BCUT2D eigenvalue weighted by Gasteiger charge is -2.13. The second-order valence-electron chi connectivity index (χ2n) is 8.43. The predicted octanol–water partition coefficient (Wildman–Crippen LogP) is 7.93. The minimum Gasteiger partial charge on any atom is -0.324 e. The quantitative estimate of drug-likeness (QED) is 0.130. The summed E-state index contributed by atoms with van der Waals surface area (Å²) in [5.41, 5.74) is 0.821. The topological polar surface area (TPSA) is 87.3 Å². The fourth-order valence-electron chi connectivity index (χ4n) is 3.53. The maximum absolute atomic E-state index is 14.5. The molecule has 0 saturated carbocycles. The first-order valence-corrected chi connectivity index (χ1v) is 14.1. The third-order valence-corrected chi connectivity index (χ3v) is 7.65. The average Bonchev–Trinajstić information content (AvgIpc) is 2.96. The summed E-state index contributed by atoms with van der Waals surface area (Å²) in [5.74, 6) is -2.17. The Bertz CT molecular complexity index is 1610. The van der Waals surface area contributed by atoms with E-state index >= 15 is 0 Å². The van der Waals surface area contributed by atoms with Gasteiger partial charge in [-0.25, -0.2) is 4.39 Å². The van der Waals surface area contributed by atoms with Crippen LogP contribution >= 0.6 is 46.6 Å². The zero-order chi connectivity index (χ0) is 29.4. The molecule has 0 unspecified atom stereocenters. The first-order chi connectivity index (χ1) is 19.7. The number of rotatable bonds is 9. The molecule has 0 saturated heterocycles. The van der Waals surface area contributed by atoms with E-state index in [1.54, 1.807) is 72.8 Å². The molecule has 0 heterocycles. The van der Waals surface area contributed by atoms with Crippen molar-refractivity contribution in [2.24, 2.45) is 0 Å². The van der Waals surface area contributed by atoms with Crippen LogP contribution in [0.15, 0.2) is 102 Å². The van der Waals surface area contributed by atoms with E-state index in [1.165, 1.54) is 36.0 Å². The maximum atomic E-state index is 14.5. The van der Waals surface area contributed by atoms with Crippen molar-refractivity contribution >= 4 is 81.7 Å². The van der Waals surface area contributed by atoms with Crippen molar-refractivity contribution in [1.82, 2.24) is 5.32 Å². The van der Waals surface area contributed by atoms with E-state index < -0.39 is 17.6 Å². The highest BCUT2D eigenvalue weighted by Gasteiger charge is 2.17. The van der Waals surface area contributed by atoms with Gasteiger partial charge in [0.1, 0.15) is 11.5 Å². The third kappa shape index (κ3) is 8.34. The van der Waals surface area contributed by atoms with Gasteiger partial charge in [0.05, 0.1) is 26.5 Å². The van der Waals surface area contributed by atoms with Gasteiger partial charge in [0.15, 0.2) is 0 Å². The van der Waals surface area contributed by atoms with Crippen LogP contribution in [0.4, 0.5) is 15.8 Å². The molecule has 208 valence electrons. The third-order valence-electron chi connectivity index (χ3n) is 5.50. The number of anilines is 2. The monoisotopic (exact) mass is 627 g/mol. The predicted molar refractivity (Wildman–Crippen MR) is 164 cm³/mol. The molecule has 4 aromatic rings. The lowest BCUT2D eigenvalue weighted by molar-refractivity contribution is -0.114. The van der Waals surface area contributed by atoms with Gasteiger partial charge in [0, 0.05) is 21.7 Å². The van der Waals surface area contributed by atoms with Crippen LogP contribution in [0.5, 0.6) is 0 Å². The van der Waals surface area contributed by atoms with Crippen LogP contribution in [0, 0.1) is 5.82 Å². The molecule has 0 aliphatic heterocycles. The van der Waals surface area contributed by atoms with Crippen LogP contribution < -0.4 is 16.0 Å². The summed E-state index contributed by atoms with van der Waals surface area (Å²) >= 11 is 19.5. The molecule has 0 radical (unpaired) electrons. The van der Waals surface area contributed by atoms with Crippen molar-refractivity contribution in [2.45, 2.75) is 4.90 Å². The molecule has 6 nitrogen and oxygen atoms in total. The van der Waals surface area contributed by atoms with Gasteiger partial charge in [0.25, 0.3) is 11.8 Å². The number of thioether (sulfide) groups is 1. The van der Waals surface area contributed by atoms with E-state index in [2.05, 4.69) is 16.0 Å². The number of hydrogen-bond donors (Lipinski definition) is 3. The van der Waals surface area contributed by atoms with Crippen LogP contribution in [0.25, 0.3) is 6.08 Å². The molecule has 11 heteroatoms. The van der Waals surface area contributed by atoms with Gasteiger partial charge in [-0.15, -0.1) is 11.8 Å². The Labute approximate surface area is 254 Å². The number of benzene rings is 4. The summed E-state index contributed by atoms with van der Waals surface area (Å²) in [6, 6.07) is 24.1. The van der Waals surface area contributed by atoms with E-state index in [0.29, 0.717) is 26.9 Å². The number of halogens is 4. The minimum atomic E-state index is -0.705. The Morgan fingerprint density at radius 1 is 0.805 bits per heavy atom. The fourth-order valence-corrected chi connectivity index (χ4v) is 4.85. The zero-order valence-corrected chi connectivity index (χ0v) is 24.2. The van der Waals surface area contributed by atoms with Crippen molar-refractivity contribution in [2.75, 3.05) is 16.4 Å². The molecule has 0 bridgehead atoms. The second kappa shape index (κ2) is 14.2. The molecule has 4 rings (SSSR count). The van der Waals surface area contributed by atoms with Gasteiger partial charge in [0.2, 0.25) is 5.91 Å². The van der Waals surface area contributed by atoms with Crippen molar-refractivity contribution in [1.29, 1.82) is 0 Å². The van der Waals surface area contributed by atoms with Crippen molar-refractivity contribution in [3.8, 4) is 0 Å². The van der Waals surface area contributed by atoms with Crippen LogP contribution in [0.3, 0.4) is 0 Å². The fraction of sp³-hybridized carbons (Fsp3) is 0.0333. The number of hydrogen-bond acceptors (Lipinski definition) is 4. The minimum absolute atomic E-state index is 0.0530. The normalized spacial score (nSPS) is 11.1. The molecule has 0 atom stereocenters. The summed E-state index contributed by atoms with van der Waals surface area (Å²) in [4.78, 5) is 39.3. The van der Waals surface area contributed by atoms with Gasteiger partial charge in [-0.2, -0.15) is 0 Å². The molecule has 41 heavy (non-hydrogen) atoms. The molecule has 0 spiro atoms. The van der Waals surface area contributed by atoms with E-state index in [9.17, 15) is 18.8 Å². The van der Waals surface area contributed by atoms with Crippen molar-refractivity contribution in [3.63, 3.8) is 0 Å². The number of nitrogens with one attached hydrogen (secondary N) is 3. The second-order valence-corrected chi connectivity index (χ2v) is 10.7. The lowest BCUT2D eigenvalue weighted by Crippen LogP contribution is -2.30. The van der Waals surface area contributed by atoms with E-state index in [0.717, 1.165) is 0 Å². The Hall–Kier alpha value is -3.82. The summed E-state index contributed by atoms with van der Waals surface area (Å²) in [6.45, 7) is 0. The number of amides is 3. The van der Waals surface area contributed by atoms with Crippen molar-refractivity contribution in [3.05, 3.63) is 129 Å². The van der Waals surface area contributed by atoms with Gasteiger partial charge in [-0.1, -0.05) is 71.2 Å². The Kier molecular flexibility index (Phi) is 10.4. The van der Waals surface area contributed by atoms with Gasteiger partial charge < -0.3 is 16.0 Å². The van der Waals surface area contributed by atoms with Crippen LogP contribution in [-0.2, 0) is 9.59 Å². The molecule has 0 aliphatic carbocycles. The molecule has 4 aromatic carbocycles. The summed E-state index contributed by atoms with van der Waals surface area (Å²) in [6.07, 6.45) is 1.18. The first kappa shape index (κ1) is 30.1. The molecule has 3 amide bonds. The van der Waals surface area contributed by atoms with Gasteiger partial charge in [-0.3, -0.25) is 14.4 Å². The zero-order valence-electron chi connectivity index (χ0n) is 21.1. The highest BCUT2D eigenvalue weighted by atomic mass is 35.5. The van der Waals surface area contributed by atoms with Gasteiger partial charge >= 0.3 is 0 Å². The lowest BCUT2D eigenvalue weighted by atomic mass is 10.1. The van der Waals surface area contributed by atoms with Crippen LogP contribution in [0.1, 0.15) is 15.9 Å². The Morgan fingerprint density at radius 3 is 2.27 bits per heavy atom. The molecule has 3 N–H and O–H groups in total. The highest BCUT2D eigenvalue weighted by molar-refractivity contribution is 8.00. The summed E-state index contributed by atoms with van der Waals surface area (Å²) in [7, 11) is 0. The molecular weight excluding hydrogens is 608 g/mol. The number of carbonyl (C=O) groups is 3. The SMILES string of the molecule is O=C(CSc1cccc(NC(=O)/C(=C\c2c(F)cccc2Cl)NC(=O)c2ccccc2)c1)Nc1cccc(Cl)c1Cl. The molecule has 0 aromatic heterocycles. The van der Waals surface area contributed by atoms with Crippen LogP contribution in [0.2, 0.25) is 15.1 Å². The molecular formula is C30H21Cl3FN3O3S. The van der Waals surface area contributed by atoms with E-state index in [-0.39, 0.29) is 33.0 Å². The van der Waals surface area contributed by atoms with Crippen LogP contribution in [-0.4, -0.2) is 23.5 Å².